The summed E-state index contributed by atoms with van der Waals surface area (Å²) in [7, 11) is 0. The first-order valence-corrected chi connectivity index (χ1v) is 10.9. The van der Waals surface area contributed by atoms with Crippen LogP contribution in [0.15, 0.2) is 0 Å². The minimum Gasteiger partial charge on any atom is -0.490 e. The molecule has 0 radical (unpaired) electrons. The molecule has 2 aliphatic rings. The van der Waals surface area contributed by atoms with Gasteiger partial charge in [-0.3, -0.25) is 0 Å². The molecule has 30 heavy (non-hydrogen) atoms. The Kier molecular flexibility index (Phi) is 5.58. The Hall–Kier alpha value is -2.04. The molecule has 4 rings (SSSR count). The first-order chi connectivity index (χ1) is 14.2. The fraction of sp³-hybridized carbons (Fsp3) is 0.538. The maximum atomic E-state index is 6.17. The molecule has 2 aromatic carbocycles. The number of hydrogen-bond acceptors (Lipinski definition) is 4. The van der Waals surface area contributed by atoms with Gasteiger partial charge in [-0.2, -0.15) is 0 Å². The Balaban J connectivity index is 1.81. The summed E-state index contributed by atoms with van der Waals surface area (Å²) < 4.78 is 23.0. The van der Waals surface area contributed by atoms with Crippen LogP contribution in [0.25, 0.3) is 11.1 Å². The first-order valence-electron chi connectivity index (χ1n) is 10.9. The third-order valence-corrected chi connectivity index (χ3v) is 6.99. The van der Waals surface area contributed by atoms with Crippen molar-refractivity contribution in [3.8, 4) is 22.6 Å². The minimum absolute atomic E-state index is 0.257. The quantitative estimate of drug-likeness (QED) is 0.575. The van der Waals surface area contributed by atoms with Gasteiger partial charge in [0.1, 0.15) is 36.9 Å². The van der Waals surface area contributed by atoms with E-state index >= 15 is 0 Å². The molecular weight excluding hydrogens is 376 g/mol. The summed E-state index contributed by atoms with van der Waals surface area (Å²) in [4.78, 5) is 0. The first kappa shape index (κ1) is 21.2. The van der Waals surface area contributed by atoms with Gasteiger partial charge in [-0.05, 0) is 111 Å². The van der Waals surface area contributed by atoms with Crippen LogP contribution in [0.3, 0.4) is 0 Å². The normalized spacial score (nSPS) is 19.7. The van der Waals surface area contributed by atoms with Gasteiger partial charge in [0.15, 0.2) is 0 Å². The van der Waals surface area contributed by atoms with Crippen LogP contribution in [-0.2, 0) is 9.47 Å². The average molecular weight is 411 g/mol. The van der Waals surface area contributed by atoms with Crippen LogP contribution in [0, 0.1) is 55.4 Å². The van der Waals surface area contributed by atoms with Crippen molar-refractivity contribution in [3.63, 3.8) is 0 Å². The van der Waals surface area contributed by atoms with Crippen LogP contribution < -0.4 is 9.47 Å². The van der Waals surface area contributed by atoms with E-state index in [1.165, 1.54) is 55.6 Å². The zero-order valence-electron chi connectivity index (χ0n) is 19.6. The molecule has 2 aliphatic heterocycles. The number of hydrogen-bond donors (Lipinski definition) is 0. The highest BCUT2D eigenvalue weighted by atomic mass is 16.6. The van der Waals surface area contributed by atoms with E-state index in [0.29, 0.717) is 13.2 Å². The van der Waals surface area contributed by atoms with E-state index in [-0.39, 0.29) is 12.2 Å². The summed E-state index contributed by atoms with van der Waals surface area (Å²) in [5.74, 6) is 2.02. The second kappa shape index (κ2) is 7.90. The van der Waals surface area contributed by atoms with Crippen molar-refractivity contribution in [1.29, 1.82) is 0 Å². The number of epoxide rings is 2. The molecule has 2 fully saturated rings. The van der Waals surface area contributed by atoms with Crippen LogP contribution in [0.1, 0.15) is 44.5 Å². The van der Waals surface area contributed by atoms with Gasteiger partial charge in [-0.25, -0.2) is 0 Å². The second-order valence-corrected chi connectivity index (χ2v) is 8.94. The lowest BCUT2D eigenvalue weighted by Gasteiger charge is -2.26. The van der Waals surface area contributed by atoms with E-state index in [2.05, 4.69) is 55.4 Å². The van der Waals surface area contributed by atoms with Crippen LogP contribution in [-0.4, -0.2) is 38.6 Å². The topological polar surface area (TPSA) is 43.5 Å². The standard InChI is InChI=1S/C26H34O4/c1-13-17(5)25(29-11-21-9-27-21)18(6)14(2)23(13)24-15(3)19(7)26(20(8)16(24)4)30-12-22-10-28-22/h21-22H,9-12H2,1-8H3. The van der Waals surface area contributed by atoms with Crippen LogP contribution in [0.4, 0.5) is 0 Å². The van der Waals surface area contributed by atoms with Crippen LogP contribution in [0.5, 0.6) is 11.5 Å². The Labute approximate surface area is 180 Å². The molecule has 0 N–H and O–H groups in total. The second-order valence-electron chi connectivity index (χ2n) is 8.94. The number of rotatable bonds is 7. The summed E-state index contributed by atoms with van der Waals surface area (Å²) in [5.41, 5.74) is 12.7. The summed E-state index contributed by atoms with van der Waals surface area (Å²) in [6.45, 7) is 20.5. The fourth-order valence-corrected chi connectivity index (χ4v) is 4.42. The van der Waals surface area contributed by atoms with E-state index in [1.54, 1.807) is 0 Å². The number of ether oxygens (including phenoxy) is 4. The highest BCUT2D eigenvalue weighted by molar-refractivity contribution is 5.82. The summed E-state index contributed by atoms with van der Waals surface area (Å²) in [6, 6.07) is 0. The lowest BCUT2D eigenvalue weighted by Crippen LogP contribution is -2.11. The molecule has 2 heterocycles. The van der Waals surface area contributed by atoms with Gasteiger partial charge in [-0.1, -0.05) is 0 Å². The largest absolute Gasteiger partial charge is 0.490 e. The van der Waals surface area contributed by atoms with E-state index in [4.69, 9.17) is 18.9 Å². The zero-order valence-corrected chi connectivity index (χ0v) is 19.6. The van der Waals surface area contributed by atoms with Gasteiger partial charge in [0, 0.05) is 0 Å². The third-order valence-electron chi connectivity index (χ3n) is 6.99. The summed E-state index contributed by atoms with van der Waals surface area (Å²) in [6.07, 6.45) is 0.514. The molecule has 0 amide bonds. The third kappa shape index (κ3) is 3.72. The summed E-state index contributed by atoms with van der Waals surface area (Å²) >= 11 is 0. The smallest absolute Gasteiger partial charge is 0.125 e. The van der Waals surface area contributed by atoms with Crippen molar-refractivity contribution in [1.82, 2.24) is 0 Å². The molecule has 2 unspecified atom stereocenters. The number of benzene rings is 2. The van der Waals surface area contributed by atoms with Crippen LogP contribution >= 0.6 is 0 Å². The van der Waals surface area contributed by atoms with Gasteiger partial charge in [-0.15, -0.1) is 0 Å². The summed E-state index contributed by atoms with van der Waals surface area (Å²) in [5, 5.41) is 0. The Morgan fingerprint density at radius 3 is 1.03 bits per heavy atom. The molecule has 0 bridgehead atoms. The van der Waals surface area contributed by atoms with Crippen molar-refractivity contribution in [3.05, 3.63) is 44.5 Å². The SMILES string of the molecule is Cc1c(C)c(-c2c(C)c(C)c(OCC3CO3)c(C)c2C)c(C)c(C)c1OCC1CO1. The molecule has 2 atom stereocenters. The van der Waals surface area contributed by atoms with Gasteiger partial charge < -0.3 is 18.9 Å². The predicted octanol–water partition coefficient (Wildman–Crippen LogP) is 5.38. The van der Waals surface area contributed by atoms with E-state index < -0.39 is 0 Å². The van der Waals surface area contributed by atoms with Crippen molar-refractivity contribution in [2.75, 3.05) is 26.4 Å². The molecule has 0 aliphatic carbocycles. The molecule has 4 heteroatoms. The molecular formula is C26H34O4. The van der Waals surface area contributed by atoms with Gasteiger partial charge in [0.05, 0.1) is 13.2 Å². The maximum absolute atomic E-state index is 6.17. The van der Waals surface area contributed by atoms with E-state index in [0.717, 1.165) is 24.7 Å². The maximum Gasteiger partial charge on any atom is 0.125 e. The zero-order chi connectivity index (χ0) is 21.7. The van der Waals surface area contributed by atoms with Crippen molar-refractivity contribution in [2.45, 2.75) is 67.6 Å². The average Bonchev–Trinajstić information content (AvgIpc) is 3.62. The Morgan fingerprint density at radius 1 is 0.533 bits per heavy atom. The van der Waals surface area contributed by atoms with Crippen molar-refractivity contribution in [2.24, 2.45) is 0 Å². The molecule has 0 spiro atoms. The predicted molar refractivity (Wildman–Crippen MR) is 120 cm³/mol. The Bertz CT molecular complexity index is 858. The Morgan fingerprint density at radius 2 is 0.800 bits per heavy atom. The van der Waals surface area contributed by atoms with Gasteiger partial charge in [0.25, 0.3) is 0 Å². The monoisotopic (exact) mass is 410 g/mol. The highest BCUT2D eigenvalue weighted by Crippen LogP contribution is 2.44. The molecule has 0 saturated carbocycles. The lowest BCUT2D eigenvalue weighted by atomic mass is 9.82. The molecule has 0 aromatic heterocycles. The van der Waals surface area contributed by atoms with Crippen LogP contribution in [0.2, 0.25) is 0 Å². The van der Waals surface area contributed by atoms with E-state index in [1.807, 2.05) is 0 Å². The molecule has 2 saturated heterocycles. The van der Waals surface area contributed by atoms with Crippen molar-refractivity contribution >= 4 is 0 Å². The van der Waals surface area contributed by atoms with Crippen molar-refractivity contribution < 1.29 is 18.9 Å². The fourth-order valence-electron chi connectivity index (χ4n) is 4.42. The lowest BCUT2D eigenvalue weighted by molar-refractivity contribution is 0.260. The van der Waals surface area contributed by atoms with Gasteiger partial charge in [0.2, 0.25) is 0 Å². The molecule has 2 aromatic rings. The molecule has 162 valence electrons. The molecule has 4 nitrogen and oxygen atoms in total. The van der Waals surface area contributed by atoms with Gasteiger partial charge >= 0.3 is 0 Å². The highest BCUT2D eigenvalue weighted by Gasteiger charge is 2.27. The minimum atomic E-state index is 0.257. The van der Waals surface area contributed by atoms with E-state index in [9.17, 15) is 0 Å².